The first-order valence-electron chi connectivity index (χ1n) is 5.92. The van der Waals surface area contributed by atoms with E-state index < -0.39 is 6.16 Å². The van der Waals surface area contributed by atoms with Crippen LogP contribution in [-0.2, 0) is 9.47 Å². The predicted octanol–water partition coefficient (Wildman–Crippen LogP) is 3.84. The number of ether oxygens (including phenoxy) is 3. The highest BCUT2D eigenvalue weighted by Gasteiger charge is 2.12. The SMILES string of the molecule is COC(=O)OCCOc1cc2sc(Br)nc2c(C)c1C. The zero-order chi connectivity index (χ0) is 14.7. The molecule has 0 atom stereocenters. The standard InChI is InChI=1S/C13H14BrNO4S/c1-7-8(2)11-10(20-12(14)15-11)6-9(7)18-4-5-19-13(16)17-3/h6H,4-5H2,1-3H3. The minimum Gasteiger partial charge on any atom is -0.490 e. The van der Waals surface area contributed by atoms with Crippen molar-refractivity contribution in [1.29, 1.82) is 0 Å². The molecule has 108 valence electrons. The second kappa shape index (κ2) is 6.41. The average molecular weight is 360 g/mol. The summed E-state index contributed by atoms with van der Waals surface area (Å²) in [6.07, 6.45) is -0.705. The summed E-state index contributed by atoms with van der Waals surface area (Å²) in [5.74, 6) is 0.777. The van der Waals surface area contributed by atoms with Crippen LogP contribution in [0.3, 0.4) is 0 Å². The summed E-state index contributed by atoms with van der Waals surface area (Å²) in [5, 5.41) is 0. The first-order valence-corrected chi connectivity index (χ1v) is 7.53. The number of aromatic nitrogens is 1. The van der Waals surface area contributed by atoms with Crippen LogP contribution in [0.4, 0.5) is 4.79 Å². The van der Waals surface area contributed by atoms with Crippen molar-refractivity contribution in [3.8, 4) is 5.75 Å². The van der Waals surface area contributed by atoms with Crippen LogP contribution < -0.4 is 4.74 Å². The van der Waals surface area contributed by atoms with E-state index in [1.807, 2.05) is 19.9 Å². The van der Waals surface area contributed by atoms with Crippen LogP contribution >= 0.6 is 27.3 Å². The number of carbonyl (C=O) groups is 1. The molecule has 0 N–H and O–H groups in total. The zero-order valence-electron chi connectivity index (χ0n) is 11.4. The van der Waals surface area contributed by atoms with E-state index in [9.17, 15) is 4.79 Å². The van der Waals surface area contributed by atoms with Crippen molar-refractivity contribution in [2.75, 3.05) is 20.3 Å². The van der Waals surface area contributed by atoms with Gasteiger partial charge in [0.1, 0.15) is 19.0 Å². The number of benzene rings is 1. The molecule has 0 aliphatic heterocycles. The number of nitrogens with zero attached hydrogens (tertiary/aromatic N) is 1. The summed E-state index contributed by atoms with van der Waals surface area (Å²) < 4.78 is 16.7. The van der Waals surface area contributed by atoms with Crippen LogP contribution in [0.2, 0.25) is 0 Å². The third kappa shape index (κ3) is 3.21. The lowest BCUT2D eigenvalue weighted by Crippen LogP contribution is -2.12. The smallest absolute Gasteiger partial charge is 0.490 e. The van der Waals surface area contributed by atoms with Gasteiger partial charge in [-0.3, -0.25) is 0 Å². The van der Waals surface area contributed by atoms with Gasteiger partial charge in [-0.05, 0) is 47.0 Å². The molecule has 1 heterocycles. The molecule has 0 bridgehead atoms. The van der Waals surface area contributed by atoms with E-state index in [4.69, 9.17) is 9.47 Å². The van der Waals surface area contributed by atoms with E-state index in [-0.39, 0.29) is 13.2 Å². The molecule has 2 aromatic rings. The Kier molecular flexibility index (Phi) is 4.82. The van der Waals surface area contributed by atoms with E-state index in [0.717, 1.165) is 31.0 Å². The van der Waals surface area contributed by atoms with Crippen molar-refractivity contribution < 1.29 is 19.0 Å². The molecule has 0 unspecified atom stereocenters. The van der Waals surface area contributed by atoms with E-state index in [0.29, 0.717) is 0 Å². The molecule has 0 spiro atoms. The number of thiazole rings is 1. The number of hydrogen-bond acceptors (Lipinski definition) is 6. The summed E-state index contributed by atoms with van der Waals surface area (Å²) >= 11 is 4.95. The van der Waals surface area contributed by atoms with Crippen LogP contribution in [0.5, 0.6) is 5.75 Å². The number of halogens is 1. The van der Waals surface area contributed by atoms with Gasteiger partial charge in [0, 0.05) is 0 Å². The maximum Gasteiger partial charge on any atom is 0.508 e. The maximum atomic E-state index is 10.8. The molecular weight excluding hydrogens is 346 g/mol. The molecule has 1 aromatic heterocycles. The molecule has 2 rings (SSSR count). The van der Waals surface area contributed by atoms with Crippen molar-refractivity contribution in [3.05, 3.63) is 21.1 Å². The molecule has 0 saturated heterocycles. The van der Waals surface area contributed by atoms with Crippen LogP contribution in [0.1, 0.15) is 11.1 Å². The van der Waals surface area contributed by atoms with E-state index >= 15 is 0 Å². The number of rotatable bonds is 4. The van der Waals surface area contributed by atoms with Crippen LogP contribution in [-0.4, -0.2) is 31.5 Å². The minimum absolute atomic E-state index is 0.148. The first kappa shape index (κ1) is 15.1. The maximum absolute atomic E-state index is 10.8. The van der Waals surface area contributed by atoms with Crippen molar-refractivity contribution in [1.82, 2.24) is 4.98 Å². The fraction of sp³-hybridized carbons (Fsp3) is 0.385. The Morgan fingerprint density at radius 1 is 1.35 bits per heavy atom. The Balaban J connectivity index is 2.10. The molecule has 0 aliphatic rings. The van der Waals surface area contributed by atoms with Gasteiger partial charge in [-0.1, -0.05) is 0 Å². The van der Waals surface area contributed by atoms with Crippen molar-refractivity contribution in [2.45, 2.75) is 13.8 Å². The number of fused-ring (bicyclic) bond motifs is 1. The highest BCUT2D eigenvalue weighted by atomic mass is 79.9. The molecule has 7 heteroatoms. The van der Waals surface area contributed by atoms with Crippen LogP contribution in [0.15, 0.2) is 9.98 Å². The molecule has 1 aromatic carbocycles. The first-order chi connectivity index (χ1) is 9.52. The lowest BCUT2D eigenvalue weighted by Gasteiger charge is -2.11. The van der Waals surface area contributed by atoms with Gasteiger partial charge in [-0.2, -0.15) is 0 Å². The van der Waals surface area contributed by atoms with E-state index in [1.54, 1.807) is 11.3 Å². The Morgan fingerprint density at radius 2 is 2.10 bits per heavy atom. The largest absolute Gasteiger partial charge is 0.508 e. The molecule has 0 aliphatic carbocycles. The Hall–Kier alpha value is -1.34. The fourth-order valence-electron chi connectivity index (χ4n) is 1.75. The molecule has 0 amide bonds. The lowest BCUT2D eigenvalue weighted by atomic mass is 10.1. The summed E-state index contributed by atoms with van der Waals surface area (Å²) in [7, 11) is 1.27. The highest BCUT2D eigenvalue weighted by molar-refractivity contribution is 9.11. The monoisotopic (exact) mass is 359 g/mol. The second-order valence-corrected chi connectivity index (χ2v) is 6.40. The van der Waals surface area contributed by atoms with Gasteiger partial charge in [0.15, 0.2) is 3.92 Å². The van der Waals surface area contributed by atoms with Gasteiger partial charge in [0.25, 0.3) is 0 Å². The topological polar surface area (TPSA) is 57.7 Å². The summed E-state index contributed by atoms with van der Waals surface area (Å²) in [6.45, 7) is 4.43. The highest BCUT2D eigenvalue weighted by Crippen LogP contribution is 2.34. The van der Waals surface area contributed by atoms with E-state index in [2.05, 4.69) is 25.7 Å². The third-order valence-corrected chi connectivity index (χ3v) is 4.36. The molecule has 20 heavy (non-hydrogen) atoms. The van der Waals surface area contributed by atoms with Gasteiger partial charge in [0.05, 0.1) is 17.3 Å². The normalized spacial score (nSPS) is 10.6. The quantitative estimate of drug-likeness (QED) is 0.613. The molecule has 5 nitrogen and oxygen atoms in total. The average Bonchev–Trinajstić information content (AvgIpc) is 2.80. The predicted molar refractivity (Wildman–Crippen MR) is 80.6 cm³/mol. The molecular formula is C13H14BrNO4S. The third-order valence-electron chi connectivity index (χ3n) is 2.90. The second-order valence-electron chi connectivity index (χ2n) is 4.09. The Labute approximate surface area is 129 Å². The number of methoxy groups -OCH3 is 1. The molecule has 0 saturated carbocycles. The summed E-state index contributed by atoms with van der Waals surface area (Å²) in [6, 6.07) is 1.96. The van der Waals surface area contributed by atoms with Gasteiger partial charge in [-0.15, -0.1) is 11.3 Å². The summed E-state index contributed by atoms with van der Waals surface area (Å²) in [4.78, 5) is 15.2. The Bertz CT molecular complexity index is 641. The van der Waals surface area contributed by atoms with Crippen molar-refractivity contribution in [2.24, 2.45) is 0 Å². The Morgan fingerprint density at radius 3 is 2.80 bits per heavy atom. The number of carbonyl (C=O) groups excluding carboxylic acids is 1. The van der Waals surface area contributed by atoms with Gasteiger partial charge < -0.3 is 14.2 Å². The van der Waals surface area contributed by atoms with Gasteiger partial charge >= 0.3 is 6.16 Å². The minimum atomic E-state index is -0.705. The van der Waals surface area contributed by atoms with E-state index in [1.165, 1.54) is 7.11 Å². The van der Waals surface area contributed by atoms with Crippen LogP contribution in [0.25, 0.3) is 10.2 Å². The van der Waals surface area contributed by atoms with Crippen molar-refractivity contribution >= 4 is 43.6 Å². The molecule has 0 radical (unpaired) electrons. The van der Waals surface area contributed by atoms with Gasteiger partial charge in [0.2, 0.25) is 0 Å². The molecule has 0 fully saturated rings. The number of aryl methyl sites for hydroxylation is 1. The lowest BCUT2D eigenvalue weighted by molar-refractivity contribution is 0.0616. The van der Waals surface area contributed by atoms with Crippen LogP contribution in [0, 0.1) is 13.8 Å². The van der Waals surface area contributed by atoms with Gasteiger partial charge in [-0.25, -0.2) is 9.78 Å². The zero-order valence-corrected chi connectivity index (χ0v) is 13.8. The number of hydrogen-bond donors (Lipinski definition) is 0. The summed E-state index contributed by atoms with van der Waals surface area (Å²) in [5.41, 5.74) is 3.11. The fourth-order valence-corrected chi connectivity index (χ4v) is 3.23. The van der Waals surface area contributed by atoms with Crippen molar-refractivity contribution in [3.63, 3.8) is 0 Å².